The third-order valence-electron chi connectivity index (χ3n) is 18.9. The Balaban J connectivity index is 1.07. The average molecular weight is 1560 g/mol. The van der Waals surface area contributed by atoms with Crippen molar-refractivity contribution < 1.29 is 110 Å². The molecule has 3 heterocycles. The molecule has 0 radical (unpaired) electrons. The number of fused-ring (bicyclic) bond motifs is 5. The molecule has 0 aliphatic carbocycles. The van der Waals surface area contributed by atoms with Gasteiger partial charge in [-0.05, 0) is 87.8 Å². The number of carbonyl (C=O) groups excluding carboxylic acids is 10. The summed E-state index contributed by atoms with van der Waals surface area (Å²) in [7, 11) is 7.33. The fourth-order valence-electron chi connectivity index (χ4n) is 11.9. The number of hydrogen-bond acceptors (Lipinski definition) is 25. The minimum atomic E-state index is -1.91. The maximum atomic E-state index is 14.5. The first kappa shape index (κ1) is 91.5. The lowest BCUT2D eigenvalue weighted by Crippen LogP contribution is -2.63. The lowest BCUT2D eigenvalue weighted by atomic mass is 9.83. The van der Waals surface area contributed by atoms with Crippen molar-refractivity contribution in [1.82, 2.24) is 36.4 Å². The van der Waals surface area contributed by atoms with Crippen LogP contribution in [0.3, 0.4) is 0 Å². The Morgan fingerprint density at radius 1 is 0.862 bits per heavy atom. The van der Waals surface area contributed by atoms with Crippen LogP contribution in [0.15, 0.2) is 60.2 Å². The van der Waals surface area contributed by atoms with E-state index in [0.29, 0.717) is 108 Å². The van der Waals surface area contributed by atoms with Crippen molar-refractivity contribution in [1.29, 1.82) is 0 Å². The van der Waals surface area contributed by atoms with Crippen LogP contribution < -0.4 is 53.0 Å². The predicted molar refractivity (Wildman–Crippen MR) is 400 cm³/mol. The van der Waals surface area contributed by atoms with Gasteiger partial charge in [0.05, 0.1) is 117 Å². The van der Waals surface area contributed by atoms with E-state index >= 15 is 0 Å². The number of nitrogens with two attached hydrogens (primary N) is 2. The highest BCUT2D eigenvalue weighted by Crippen LogP contribution is 2.49. The molecule has 2 aromatic carbocycles. The van der Waals surface area contributed by atoms with Gasteiger partial charge in [0.25, 0.3) is 0 Å². The zero-order chi connectivity index (χ0) is 80.3. The van der Waals surface area contributed by atoms with E-state index in [1.807, 2.05) is 13.0 Å². The second-order valence-corrected chi connectivity index (χ2v) is 27.8. The standard InChI is InChI=1S/C74H114ClN11O23/c1-48(2)73(47-87,82-61(88)23-27-100-29-31-102-33-35-104-37-38-105-36-34-103-32-30-101-28-25-78-62(89)44-76)46-80-55(16-13-24-79-69(77)94)67(92)81-54-21-19-52(20-22-54)45-106-71(96)84(7)26-14-18-63(90)85(8)51(5)68(93)108-60-42-64(91)86(9)56-40-53(41-57(98-10)65(56)75)39-49(3)15-12-17-59(99-11)74(97)43-58(107-70(95)83-74)50(4)66-72(60,6)109-66/h12,15,17,19-22,40-41,47-48,50-51,55,58-60,66,80,97H,13-14,16,18,23-39,42-46,76H2,1-11H3,(H,78,89)(H,81,92)(H,82,88)(H,83,95)(H3,77,79,94)/b17-12+,49-15+/t50-,51+,55+,58+,59-,60+,66?,72+,73-,74+/m1/s1. The van der Waals surface area contributed by atoms with Gasteiger partial charge in [-0.1, -0.05) is 68.3 Å². The number of aliphatic hydroxyl groups is 1. The van der Waals surface area contributed by atoms with E-state index in [9.17, 15) is 53.1 Å². The van der Waals surface area contributed by atoms with Crippen molar-refractivity contribution in [2.24, 2.45) is 23.3 Å². The number of benzene rings is 2. The van der Waals surface area contributed by atoms with Crippen molar-refractivity contribution >= 4 is 83.0 Å². The molecule has 10 atom stereocenters. The van der Waals surface area contributed by atoms with Gasteiger partial charge in [0, 0.05) is 85.3 Å². The summed E-state index contributed by atoms with van der Waals surface area (Å²) in [5, 5.41) is 28.6. The third-order valence-corrected chi connectivity index (χ3v) is 19.3. The number of carbonyl (C=O) groups is 10. The summed E-state index contributed by atoms with van der Waals surface area (Å²) in [6.45, 7) is 14.4. The molecule has 5 rings (SSSR count). The van der Waals surface area contributed by atoms with Gasteiger partial charge in [-0.25, -0.2) is 19.2 Å². The van der Waals surface area contributed by atoms with Crippen LogP contribution in [0.1, 0.15) is 97.6 Å². The Hall–Kier alpha value is -8.13. The second kappa shape index (κ2) is 46.5. The van der Waals surface area contributed by atoms with Gasteiger partial charge in [-0.3, -0.25) is 29.3 Å². The number of allylic oxidation sites excluding steroid dienone is 3. The molecule has 9 amide bonds. The number of methoxy groups -OCH3 is 2. The number of rotatable bonds is 45. The lowest BCUT2D eigenvalue weighted by Gasteiger charge is -2.42. The van der Waals surface area contributed by atoms with Crippen LogP contribution in [0.2, 0.25) is 5.02 Å². The van der Waals surface area contributed by atoms with E-state index < -0.39 is 119 Å². The van der Waals surface area contributed by atoms with E-state index in [-0.39, 0.29) is 95.6 Å². The molecule has 35 heteroatoms. The van der Waals surface area contributed by atoms with Crippen molar-refractivity contribution in [3.8, 4) is 5.75 Å². The summed E-state index contributed by atoms with van der Waals surface area (Å²) in [6, 6.07) is 7.19. The summed E-state index contributed by atoms with van der Waals surface area (Å²) in [5.41, 5.74) is 8.74. The maximum absolute atomic E-state index is 14.5. The van der Waals surface area contributed by atoms with Crippen LogP contribution >= 0.6 is 11.6 Å². The van der Waals surface area contributed by atoms with Crippen LogP contribution in [0, 0.1) is 11.8 Å². The number of aldehydes is 1. The Bertz CT molecular complexity index is 3360. The highest BCUT2D eigenvalue weighted by Gasteiger charge is 2.64. The number of amides is 9. The quantitative estimate of drug-likeness (QED) is 0.0151. The molecule has 1 unspecified atom stereocenters. The van der Waals surface area contributed by atoms with E-state index in [0.717, 1.165) is 11.1 Å². The number of hydrogen-bond donors (Lipinski definition) is 9. The average Bonchev–Trinajstić information content (AvgIpc) is 1.57. The Morgan fingerprint density at radius 3 is 2.07 bits per heavy atom. The van der Waals surface area contributed by atoms with Gasteiger partial charge in [0.2, 0.25) is 29.5 Å². The summed E-state index contributed by atoms with van der Waals surface area (Å²) >= 11 is 6.85. The smallest absolute Gasteiger partial charge is 0.409 e. The molecular formula is C74H114ClN11O23. The largest absolute Gasteiger partial charge is 0.495 e. The number of urea groups is 1. The van der Waals surface area contributed by atoms with Gasteiger partial charge in [0.15, 0.2) is 5.72 Å². The molecule has 4 bridgehead atoms. The normalized spacial score (nSPS) is 21.8. The molecule has 0 spiro atoms. The summed E-state index contributed by atoms with van der Waals surface area (Å²) in [4.78, 5) is 135. The molecule has 3 aliphatic rings. The number of epoxide rings is 1. The first-order valence-corrected chi connectivity index (χ1v) is 36.9. The first-order valence-electron chi connectivity index (χ1n) is 36.5. The van der Waals surface area contributed by atoms with Crippen LogP contribution in [-0.4, -0.2) is 276 Å². The number of nitrogens with zero attached hydrogens (tertiary/aromatic N) is 3. The topological polar surface area (TPSA) is 439 Å². The molecule has 0 saturated carbocycles. The van der Waals surface area contributed by atoms with E-state index in [2.05, 4.69) is 31.9 Å². The number of ether oxygens (including phenoxy) is 12. The predicted octanol–water partition coefficient (Wildman–Crippen LogP) is 3.18. The Kier molecular flexibility index (Phi) is 39.0. The number of primary amides is 1. The molecule has 3 aliphatic heterocycles. The molecule has 610 valence electrons. The summed E-state index contributed by atoms with van der Waals surface area (Å²) in [6.07, 6.45) is 0.614. The van der Waals surface area contributed by atoms with E-state index in [1.165, 1.54) is 57.0 Å². The fourth-order valence-corrected chi connectivity index (χ4v) is 12.2. The summed E-state index contributed by atoms with van der Waals surface area (Å²) in [5.74, 6) is -3.73. The number of alkyl carbamates (subject to hydrolysis) is 1. The van der Waals surface area contributed by atoms with Crippen molar-refractivity contribution in [2.45, 2.75) is 153 Å². The molecule has 2 aromatic rings. The number of anilines is 2. The van der Waals surface area contributed by atoms with Gasteiger partial charge in [0.1, 0.15) is 59.2 Å². The molecule has 34 nitrogen and oxygen atoms in total. The lowest BCUT2D eigenvalue weighted by molar-refractivity contribution is -0.162. The molecule has 11 N–H and O–H groups in total. The second-order valence-electron chi connectivity index (χ2n) is 27.4. The molecular weight excluding hydrogens is 1450 g/mol. The molecule has 2 fully saturated rings. The zero-order valence-electron chi connectivity index (χ0n) is 64.6. The number of nitrogens with one attached hydrogen (secondary N) is 6. The first-order chi connectivity index (χ1) is 51.9. The van der Waals surface area contributed by atoms with Crippen molar-refractivity contribution in [3.63, 3.8) is 0 Å². The zero-order valence-corrected chi connectivity index (χ0v) is 65.3. The minimum Gasteiger partial charge on any atom is -0.495 e. The van der Waals surface area contributed by atoms with Gasteiger partial charge < -0.3 is 119 Å². The van der Waals surface area contributed by atoms with Gasteiger partial charge >= 0.3 is 24.2 Å². The Morgan fingerprint density at radius 2 is 1.49 bits per heavy atom. The fraction of sp³-hybridized carbons (Fsp3) is 0.649. The molecule has 109 heavy (non-hydrogen) atoms. The van der Waals surface area contributed by atoms with Crippen LogP contribution in [0.4, 0.5) is 25.8 Å². The monoisotopic (exact) mass is 1560 g/mol. The van der Waals surface area contributed by atoms with Crippen LogP contribution in [0.25, 0.3) is 0 Å². The summed E-state index contributed by atoms with van der Waals surface area (Å²) < 4.78 is 68.1. The Labute approximate surface area is 642 Å². The number of likely N-dealkylation sites (N-methyl/N-ethyl adjacent to an activating group) is 1. The highest BCUT2D eigenvalue weighted by molar-refractivity contribution is 6.35. The van der Waals surface area contributed by atoms with E-state index in [4.69, 9.17) is 79.9 Å². The number of halogens is 1. The van der Waals surface area contributed by atoms with E-state index in [1.54, 1.807) is 76.2 Å². The SMILES string of the molecule is COc1cc2cc(c1Cl)N(C)C(=O)C[C@H](OC(=O)[C@H](C)N(C)C(=O)CCCN(C)C(=O)OCc1ccc(NC(=O)[C@H](CCCNC(N)=O)NC[C@](C=O)(NC(=O)CCOCCOCCOCCOCCOCCOCCNC(=O)CN)C(C)C)cc1)[C@]1(C)OC1[C@H](C)[C@@H]1C[C@@](O)(NC(=O)O1)[C@H](OC)/C=C/C=C(\C)C2. The minimum absolute atomic E-state index is 0.0472. The van der Waals surface area contributed by atoms with Gasteiger partial charge in [-0.2, -0.15) is 0 Å². The van der Waals surface area contributed by atoms with Crippen LogP contribution in [0.5, 0.6) is 5.75 Å². The third kappa shape index (κ3) is 29.9. The molecule has 2 saturated heterocycles. The van der Waals surface area contributed by atoms with Crippen molar-refractivity contribution in [2.75, 3.05) is 158 Å². The van der Waals surface area contributed by atoms with Crippen LogP contribution in [-0.2, 0) is 98.7 Å². The maximum Gasteiger partial charge on any atom is 0.409 e. The van der Waals surface area contributed by atoms with Gasteiger partial charge in [-0.15, -0.1) is 0 Å². The number of esters is 1. The molecule has 0 aromatic heterocycles. The highest BCUT2D eigenvalue weighted by atomic mass is 35.5. The van der Waals surface area contributed by atoms with Crippen molar-refractivity contribution in [3.05, 3.63) is 76.3 Å².